The summed E-state index contributed by atoms with van der Waals surface area (Å²) in [4.78, 5) is 11.6. The van der Waals surface area contributed by atoms with Crippen molar-refractivity contribution in [2.24, 2.45) is 11.8 Å². The predicted octanol–water partition coefficient (Wildman–Crippen LogP) is 3.64. The highest BCUT2D eigenvalue weighted by Gasteiger charge is 2.37. The molecule has 3 N–H and O–H groups in total. The second-order valence-corrected chi connectivity index (χ2v) is 5.99. The number of carboxylic acids is 1. The Morgan fingerprint density at radius 1 is 1.50 bits per heavy atom. The molecule has 1 aliphatic carbocycles. The van der Waals surface area contributed by atoms with E-state index in [-0.39, 0.29) is 5.92 Å². The molecule has 1 aromatic carbocycles. The number of para-hydroxylation sites is 1. The number of aliphatic carboxylic acids is 1. The largest absolute Gasteiger partial charge is 0.481 e. The van der Waals surface area contributed by atoms with E-state index in [1.807, 2.05) is 18.2 Å². The predicted molar refractivity (Wildman–Crippen MR) is 75.4 cm³/mol. The van der Waals surface area contributed by atoms with Gasteiger partial charge in [0.2, 0.25) is 0 Å². The zero-order valence-electron chi connectivity index (χ0n) is 10.4. The van der Waals surface area contributed by atoms with Crippen molar-refractivity contribution in [3.05, 3.63) is 28.2 Å². The van der Waals surface area contributed by atoms with Gasteiger partial charge in [0.1, 0.15) is 0 Å². The molecule has 0 bridgehead atoms. The Kier molecular flexibility index (Phi) is 3.95. The summed E-state index contributed by atoms with van der Waals surface area (Å²) in [5, 5.41) is 9.55. The van der Waals surface area contributed by atoms with Crippen LogP contribution in [-0.2, 0) is 4.79 Å². The lowest BCUT2D eigenvalue weighted by molar-refractivity contribution is -0.140. The van der Waals surface area contributed by atoms with E-state index >= 15 is 0 Å². The van der Waals surface area contributed by atoms with E-state index in [0.29, 0.717) is 11.6 Å². The number of nitrogen functional groups attached to an aromatic ring is 1. The van der Waals surface area contributed by atoms with Crippen molar-refractivity contribution in [2.75, 3.05) is 5.73 Å². The first-order valence-electron chi connectivity index (χ1n) is 6.29. The molecule has 3 nitrogen and oxygen atoms in total. The number of hydrogen-bond donors (Lipinski definition) is 2. The van der Waals surface area contributed by atoms with E-state index in [4.69, 9.17) is 5.73 Å². The molecule has 1 saturated carbocycles. The number of rotatable bonds is 3. The third kappa shape index (κ3) is 2.39. The van der Waals surface area contributed by atoms with Gasteiger partial charge in [-0.2, -0.15) is 0 Å². The van der Waals surface area contributed by atoms with Crippen LogP contribution in [0.1, 0.15) is 37.7 Å². The molecule has 3 atom stereocenters. The first kappa shape index (κ1) is 13.4. The van der Waals surface area contributed by atoms with Gasteiger partial charge in [0.25, 0.3) is 0 Å². The van der Waals surface area contributed by atoms with Gasteiger partial charge in [-0.25, -0.2) is 0 Å². The van der Waals surface area contributed by atoms with Gasteiger partial charge in [-0.05, 0) is 45.8 Å². The van der Waals surface area contributed by atoms with Gasteiger partial charge in [-0.15, -0.1) is 0 Å². The molecule has 0 radical (unpaired) electrons. The van der Waals surface area contributed by atoms with Crippen LogP contribution >= 0.6 is 15.9 Å². The monoisotopic (exact) mass is 311 g/mol. The number of hydrogen-bond acceptors (Lipinski definition) is 2. The molecule has 0 saturated heterocycles. The molecule has 1 aliphatic rings. The van der Waals surface area contributed by atoms with Crippen molar-refractivity contribution in [2.45, 2.75) is 32.1 Å². The molecule has 2 rings (SSSR count). The minimum Gasteiger partial charge on any atom is -0.481 e. The number of halogens is 1. The molecule has 3 unspecified atom stereocenters. The lowest BCUT2D eigenvalue weighted by Crippen LogP contribution is -2.24. The van der Waals surface area contributed by atoms with Crippen molar-refractivity contribution in [1.29, 1.82) is 0 Å². The van der Waals surface area contributed by atoms with Crippen molar-refractivity contribution in [3.8, 4) is 0 Å². The Labute approximate surface area is 116 Å². The third-order valence-corrected chi connectivity index (χ3v) is 4.74. The number of carboxylic acid groups (broad SMARTS) is 1. The van der Waals surface area contributed by atoms with Crippen LogP contribution in [0, 0.1) is 11.8 Å². The van der Waals surface area contributed by atoms with E-state index < -0.39 is 11.9 Å². The Balaban J connectivity index is 2.41. The highest BCUT2D eigenvalue weighted by Crippen LogP contribution is 2.43. The third-order valence-electron chi connectivity index (χ3n) is 4.04. The Bertz CT molecular complexity index is 461. The number of benzene rings is 1. The Morgan fingerprint density at radius 2 is 2.22 bits per heavy atom. The van der Waals surface area contributed by atoms with Crippen molar-refractivity contribution in [1.82, 2.24) is 0 Å². The molecule has 18 heavy (non-hydrogen) atoms. The first-order chi connectivity index (χ1) is 8.52. The van der Waals surface area contributed by atoms with E-state index in [1.54, 1.807) is 0 Å². The molecule has 0 spiro atoms. The van der Waals surface area contributed by atoms with Gasteiger partial charge in [-0.1, -0.05) is 31.9 Å². The molecular formula is C14H18BrNO2. The zero-order chi connectivity index (χ0) is 13.3. The maximum absolute atomic E-state index is 11.6. The average molecular weight is 312 g/mol. The van der Waals surface area contributed by atoms with Crippen LogP contribution in [0.5, 0.6) is 0 Å². The highest BCUT2D eigenvalue weighted by molar-refractivity contribution is 9.10. The lowest BCUT2D eigenvalue weighted by atomic mass is 9.80. The normalized spacial score (nSPS) is 25.0. The summed E-state index contributed by atoms with van der Waals surface area (Å²) in [6.07, 6.45) is 3.20. The molecule has 0 amide bonds. The fourth-order valence-corrected chi connectivity index (χ4v) is 3.42. The van der Waals surface area contributed by atoms with E-state index in [0.717, 1.165) is 29.3 Å². The van der Waals surface area contributed by atoms with Crippen molar-refractivity contribution in [3.63, 3.8) is 0 Å². The van der Waals surface area contributed by atoms with Crippen LogP contribution in [0.2, 0.25) is 0 Å². The van der Waals surface area contributed by atoms with Crippen LogP contribution in [0.3, 0.4) is 0 Å². The quantitative estimate of drug-likeness (QED) is 0.838. The van der Waals surface area contributed by atoms with E-state index in [9.17, 15) is 9.90 Å². The van der Waals surface area contributed by atoms with Crippen LogP contribution < -0.4 is 5.73 Å². The highest BCUT2D eigenvalue weighted by atomic mass is 79.9. The van der Waals surface area contributed by atoms with Gasteiger partial charge >= 0.3 is 5.97 Å². The Morgan fingerprint density at radius 3 is 2.78 bits per heavy atom. The van der Waals surface area contributed by atoms with Gasteiger partial charge in [0.15, 0.2) is 0 Å². The number of anilines is 1. The van der Waals surface area contributed by atoms with Gasteiger partial charge < -0.3 is 10.8 Å². The van der Waals surface area contributed by atoms with Crippen LogP contribution in [0.4, 0.5) is 5.69 Å². The Hall–Kier alpha value is -1.03. The molecule has 1 fully saturated rings. The maximum Gasteiger partial charge on any atom is 0.311 e. The van der Waals surface area contributed by atoms with Crippen LogP contribution in [-0.4, -0.2) is 11.1 Å². The van der Waals surface area contributed by atoms with Crippen molar-refractivity contribution >= 4 is 27.6 Å². The number of nitrogens with two attached hydrogens (primary N) is 1. The summed E-state index contributed by atoms with van der Waals surface area (Å²) >= 11 is 3.37. The SMILES string of the molecule is CC1CCCC1C(C(=O)O)c1cccc(Br)c1N. The molecule has 0 aliphatic heterocycles. The minimum atomic E-state index is -0.765. The van der Waals surface area contributed by atoms with Crippen LogP contribution in [0.25, 0.3) is 0 Å². The minimum absolute atomic E-state index is 0.194. The molecule has 0 aromatic heterocycles. The van der Waals surface area contributed by atoms with Gasteiger partial charge in [0.05, 0.1) is 5.92 Å². The molecule has 98 valence electrons. The summed E-state index contributed by atoms with van der Waals surface area (Å²) in [6, 6.07) is 5.53. The smallest absolute Gasteiger partial charge is 0.311 e. The second-order valence-electron chi connectivity index (χ2n) is 5.13. The topological polar surface area (TPSA) is 63.3 Å². The molecule has 0 heterocycles. The standard InChI is InChI=1S/C14H18BrNO2/c1-8-4-2-5-9(8)12(14(17)18)10-6-3-7-11(15)13(10)16/h3,6-9,12H,2,4-5,16H2,1H3,(H,17,18). The maximum atomic E-state index is 11.6. The zero-order valence-corrected chi connectivity index (χ0v) is 12.0. The summed E-state index contributed by atoms with van der Waals surface area (Å²) in [7, 11) is 0. The number of carbonyl (C=O) groups is 1. The first-order valence-corrected chi connectivity index (χ1v) is 7.08. The lowest BCUT2D eigenvalue weighted by Gasteiger charge is -2.25. The summed E-state index contributed by atoms with van der Waals surface area (Å²) in [5.41, 5.74) is 7.33. The van der Waals surface area contributed by atoms with Gasteiger partial charge in [-0.3, -0.25) is 4.79 Å². The van der Waals surface area contributed by atoms with E-state index in [1.165, 1.54) is 0 Å². The fraction of sp³-hybridized carbons (Fsp3) is 0.500. The second kappa shape index (κ2) is 5.31. The summed E-state index contributed by atoms with van der Waals surface area (Å²) in [6.45, 7) is 2.14. The van der Waals surface area contributed by atoms with Crippen LogP contribution in [0.15, 0.2) is 22.7 Å². The van der Waals surface area contributed by atoms with Crippen molar-refractivity contribution < 1.29 is 9.90 Å². The molecular weight excluding hydrogens is 294 g/mol. The van der Waals surface area contributed by atoms with E-state index in [2.05, 4.69) is 22.9 Å². The van der Waals surface area contributed by atoms with Gasteiger partial charge in [0, 0.05) is 10.2 Å². The molecule has 1 aromatic rings. The molecule has 4 heteroatoms. The summed E-state index contributed by atoms with van der Waals surface area (Å²) < 4.78 is 0.775. The average Bonchev–Trinajstić information content (AvgIpc) is 2.71. The summed E-state index contributed by atoms with van der Waals surface area (Å²) in [5.74, 6) is -0.609. The fourth-order valence-electron chi connectivity index (χ4n) is 3.04.